The fourth-order valence-electron chi connectivity index (χ4n) is 1.56. The predicted octanol–water partition coefficient (Wildman–Crippen LogP) is -0.832. The molecule has 2 atom stereocenters. The molecule has 0 aromatic carbocycles. The lowest BCUT2D eigenvalue weighted by Gasteiger charge is -2.16. The van der Waals surface area contributed by atoms with Crippen molar-refractivity contribution in [3.8, 4) is 0 Å². The van der Waals surface area contributed by atoms with Crippen molar-refractivity contribution in [1.29, 1.82) is 0 Å². The van der Waals surface area contributed by atoms with Gasteiger partial charge in [0.1, 0.15) is 6.04 Å². The van der Waals surface area contributed by atoms with Crippen LogP contribution >= 0.6 is 0 Å². The molecular formula is C7H11NO7S. The number of likely N-dealkylation sites (tertiary alicyclic amines) is 1. The van der Waals surface area contributed by atoms with Gasteiger partial charge in [0.25, 0.3) is 10.1 Å². The van der Waals surface area contributed by atoms with Gasteiger partial charge in [-0.25, -0.2) is 9.59 Å². The Morgan fingerprint density at radius 1 is 1.38 bits per heavy atom. The number of rotatable bonds is 3. The lowest BCUT2D eigenvalue weighted by molar-refractivity contribution is -0.141. The van der Waals surface area contributed by atoms with Crippen molar-refractivity contribution in [2.24, 2.45) is 0 Å². The van der Waals surface area contributed by atoms with Crippen LogP contribution in [-0.4, -0.2) is 60.5 Å². The molecule has 1 fully saturated rings. The van der Waals surface area contributed by atoms with Crippen LogP contribution in [0.4, 0.5) is 4.79 Å². The molecule has 0 spiro atoms. The summed E-state index contributed by atoms with van der Waals surface area (Å²) in [5, 5.41) is 17.4. The van der Waals surface area contributed by atoms with E-state index in [4.69, 9.17) is 10.2 Å². The second-order valence-electron chi connectivity index (χ2n) is 3.45. The zero-order chi connectivity index (χ0) is 12.5. The van der Waals surface area contributed by atoms with Gasteiger partial charge in [0.15, 0.2) is 0 Å². The van der Waals surface area contributed by atoms with Crippen molar-refractivity contribution >= 4 is 22.2 Å². The molecule has 0 aromatic rings. The molecule has 92 valence electrons. The Morgan fingerprint density at radius 3 is 2.25 bits per heavy atom. The molecule has 0 aliphatic carbocycles. The van der Waals surface area contributed by atoms with Gasteiger partial charge in [0.2, 0.25) is 0 Å². The number of carboxylic acids is 1. The van der Waals surface area contributed by atoms with Gasteiger partial charge in [-0.05, 0) is 0 Å². The molecular weight excluding hydrogens is 242 g/mol. The SMILES string of the molecule is CS(=O)(=O)O[C@H]1C[C@H](C(=O)O)N(C(=O)O)C1. The summed E-state index contributed by atoms with van der Waals surface area (Å²) in [5.74, 6) is -1.32. The van der Waals surface area contributed by atoms with Gasteiger partial charge in [-0.15, -0.1) is 0 Å². The van der Waals surface area contributed by atoms with Crippen LogP contribution in [-0.2, 0) is 19.1 Å². The van der Waals surface area contributed by atoms with Crippen molar-refractivity contribution in [1.82, 2.24) is 4.90 Å². The number of aliphatic carboxylic acids is 1. The molecule has 0 aromatic heterocycles. The Kier molecular flexibility index (Phi) is 3.38. The van der Waals surface area contributed by atoms with Gasteiger partial charge < -0.3 is 10.2 Å². The molecule has 1 aliphatic rings. The Morgan fingerprint density at radius 2 is 1.94 bits per heavy atom. The second kappa shape index (κ2) is 4.26. The molecule has 1 heterocycles. The zero-order valence-corrected chi connectivity index (χ0v) is 9.18. The summed E-state index contributed by atoms with van der Waals surface area (Å²) in [6.45, 7) is -0.265. The van der Waals surface area contributed by atoms with Crippen LogP contribution in [0.3, 0.4) is 0 Å². The zero-order valence-electron chi connectivity index (χ0n) is 8.36. The molecule has 1 aliphatic heterocycles. The molecule has 1 amide bonds. The molecule has 16 heavy (non-hydrogen) atoms. The number of carboxylic acid groups (broad SMARTS) is 2. The van der Waals surface area contributed by atoms with E-state index in [1.54, 1.807) is 0 Å². The molecule has 0 saturated carbocycles. The molecule has 9 heteroatoms. The third-order valence-corrected chi connectivity index (χ3v) is 2.73. The monoisotopic (exact) mass is 253 g/mol. The van der Waals surface area contributed by atoms with Crippen LogP contribution in [0, 0.1) is 0 Å². The predicted molar refractivity (Wildman–Crippen MR) is 50.5 cm³/mol. The Balaban J connectivity index is 2.77. The van der Waals surface area contributed by atoms with Gasteiger partial charge >= 0.3 is 12.1 Å². The van der Waals surface area contributed by atoms with Gasteiger partial charge in [-0.2, -0.15) is 8.42 Å². The highest BCUT2D eigenvalue weighted by atomic mass is 32.2. The lowest BCUT2D eigenvalue weighted by atomic mass is 10.2. The maximum absolute atomic E-state index is 10.8. The summed E-state index contributed by atoms with van der Waals surface area (Å²) in [4.78, 5) is 22.1. The van der Waals surface area contributed by atoms with E-state index in [0.717, 1.165) is 6.26 Å². The summed E-state index contributed by atoms with van der Waals surface area (Å²) in [5.41, 5.74) is 0. The topological polar surface area (TPSA) is 121 Å². The maximum Gasteiger partial charge on any atom is 0.408 e. The van der Waals surface area contributed by atoms with E-state index in [9.17, 15) is 18.0 Å². The number of hydrogen-bond donors (Lipinski definition) is 2. The minimum Gasteiger partial charge on any atom is -0.480 e. The maximum atomic E-state index is 10.8. The summed E-state index contributed by atoms with van der Waals surface area (Å²) in [7, 11) is -3.72. The van der Waals surface area contributed by atoms with Gasteiger partial charge in [0.05, 0.1) is 18.9 Å². The number of hydrogen-bond acceptors (Lipinski definition) is 5. The highest BCUT2D eigenvalue weighted by Crippen LogP contribution is 2.21. The van der Waals surface area contributed by atoms with Crippen LogP contribution in [0.15, 0.2) is 0 Å². The van der Waals surface area contributed by atoms with E-state index in [1.165, 1.54) is 0 Å². The van der Waals surface area contributed by atoms with E-state index in [2.05, 4.69) is 4.18 Å². The highest BCUT2D eigenvalue weighted by molar-refractivity contribution is 7.86. The third-order valence-electron chi connectivity index (χ3n) is 2.10. The van der Waals surface area contributed by atoms with Crippen LogP contribution < -0.4 is 0 Å². The summed E-state index contributed by atoms with van der Waals surface area (Å²) in [6.07, 6.45) is -1.69. The smallest absolute Gasteiger partial charge is 0.408 e. The van der Waals surface area contributed by atoms with Crippen molar-refractivity contribution in [3.63, 3.8) is 0 Å². The highest BCUT2D eigenvalue weighted by Gasteiger charge is 2.41. The standard InChI is InChI=1S/C7H11NO7S/c1-16(13,14)15-4-2-5(6(9)10)8(3-4)7(11)12/h4-5H,2-3H2,1H3,(H,9,10)(H,11,12)/t4-,5+/m0/s1. The Bertz CT molecular complexity index is 381. The van der Waals surface area contributed by atoms with E-state index in [0.29, 0.717) is 4.90 Å². The molecule has 2 N–H and O–H groups in total. The molecule has 0 bridgehead atoms. The minimum atomic E-state index is -3.72. The van der Waals surface area contributed by atoms with E-state index in [1.807, 2.05) is 0 Å². The first kappa shape index (κ1) is 12.7. The summed E-state index contributed by atoms with van der Waals surface area (Å²) >= 11 is 0. The van der Waals surface area contributed by atoms with E-state index >= 15 is 0 Å². The first-order chi connectivity index (χ1) is 7.20. The van der Waals surface area contributed by atoms with Crippen molar-refractivity contribution in [2.45, 2.75) is 18.6 Å². The normalized spacial score (nSPS) is 25.7. The summed E-state index contributed by atoms with van der Waals surface area (Å²) < 4.78 is 26.2. The van der Waals surface area contributed by atoms with Gasteiger partial charge in [-0.1, -0.05) is 0 Å². The largest absolute Gasteiger partial charge is 0.480 e. The lowest BCUT2D eigenvalue weighted by Crippen LogP contribution is -2.39. The van der Waals surface area contributed by atoms with E-state index in [-0.39, 0.29) is 13.0 Å². The fraction of sp³-hybridized carbons (Fsp3) is 0.714. The average Bonchev–Trinajstić information content (AvgIpc) is 2.44. The van der Waals surface area contributed by atoms with Gasteiger partial charge in [-0.3, -0.25) is 9.08 Å². The molecule has 0 unspecified atom stereocenters. The van der Waals surface area contributed by atoms with Crippen molar-refractivity contribution in [3.05, 3.63) is 0 Å². The Hall–Kier alpha value is -1.35. The molecule has 1 saturated heterocycles. The van der Waals surface area contributed by atoms with Crippen molar-refractivity contribution < 1.29 is 32.4 Å². The molecule has 1 rings (SSSR count). The number of nitrogens with zero attached hydrogens (tertiary/aromatic N) is 1. The number of carbonyl (C=O) groups is 2. The van der Waals surface area contributed by atoms with E-state index < -0.39 is 34.3 Å². The Labute approximate surface area is 91.5 Å². The minimum absolute atomic E-state index is 0.172. The first-order valence-corrected chi connectivity index (χ1v) is 6.13. The number of amides is 1. The second-order valence-corrected chi connectivity index (χ2v) is 5.05. The summed E-state index contributed by atoms with van der Waals surface area (Å²) in [6, 6.07) is -1.26. The molecule has 0 radical (unpaired) electrons. The van der Waals surface area contributed by atoms with Crippen LogP contribution in [0.25, 0.3) is 0 Å². The van der Waals surface area contributed by atoms with Crippen molar-refractivity contribution in [2.75, 3.05) is 12.8 Å². The first-order valence-electron chi connectivity index (χ1n) is 4.31. The quantitative estimate of drug-likeness (QED) is 0.629. The van der Waals surface area contributed by atoms with Crippen LogP contribution in [0.5, 0.6) is 0 Å². The molecule has 8 nitrogen and oxygen atoms in total. The third kappa shape index (κ3) is 3.07. The average molecular weight is 253 g/mol. The van der Waals surface area contributed by atoms with Crippen LogP contribution in [0.2, 0.25) is 0 Å². The fourth-order valence-corrected chi connectivity index (χ4v) is 2.19. The van der Waals surface area contributed by atoms with Gasteiger partial charge in [0, 0.05) is 6.42 Å². The van der Waals surface area contributed by atoms with Crippen LogP contribution in [0.1, 0.15) is 6.42 Å².